The average Bonchev–Trinajstić information content (AvgIpc) is 3.38. The quantitative estimate of drug-likeness (QED) is 0.839. The molecule has 0 radical (unpaired) electrons. The highest BCUT2D eigenvalue weighted by molar-refractivity contribution is 5.27. The third-order valence-electron chi connectivity index (χ3n) is 4.32. The normalized spacial score (nSPS) is 17.4. The first kappa shape index (κ1) is 14.3. The first-order valence-electron chi connectivity index (χ1n) is 7.78. The van der Waals surface area contributed by atoms with E-state index in [1.165, 1.54) is 24.0 Å². The Morgan fingerprint density at radius 3 is 2.43 bits per heavy atom. The van der Waals surface area contributed by atoms with E-state index in [4.69, 9.17) is 0 Å². The molecule has 2 nitrogen and oxygen atoms in total. The van der Waals surface area contributed by atoms with Gasteiger partial charge in [0.2, 0.25) is 0 Å². The first-order chi connectivity index (χ1) is 10.3. The Kier molecular flexibility index (Phi) is 4.37. The van der Waals surface area contributed by atoms with Gasteiger partial charge >= 0.3 is 0 Å². The third kappa shape index (κ3) is 3.52. The van der Waals surface area contributed by atoms with Gasteiger partial charge in [0, 0.05) is 12.1 Å². The van der Waals surface area contributed by atoms with Crippen molar-refractivity contribution in [2.45, 2.75) is 38.5 Å². The van der Waals surface area contributed by atoms with Crippen LogP contribution in [0.4, 0.5) is 0 Å². The molecule has 0 aromatic heterocycles. The van der Waals surface area contributed by atoms with Crippen molar-refractivity contribution in [3.63, 3.8) is 0 Å². The van der Waals surface area contributed by atoms with Gasteiger partial charge < -0.3 is 10.4 Å². The lowest BCUT2D eigenvalue weighted by Crippen LogP contribution is -2.26. The van der Waals surface area contributed by atoms with Gasteiger partial charge in [-0.3, -0.25) is 0 Å². The van der Waals surface area contributed by atoms with Crippen LogP contribution in [0.25, 0.3) is 0 Å². The Labute approximate surface area is 126 Å². The second kappa shape index (κ2) is 6.42. The van der Waals surface area contributed by atoms with Crippen LogP contribution in [-0.2, 0) is 6.61 Å². The summed E-state index contributed by atoms with van der Waals surface area (Å²) in [6.07, 6.45) is 2.63. The van der Waals surface area contributed by atoms with E-state index < -0.39 is 0 Å². The fourth-order valence-corrected chi connectivity index (χ4v) is 2.92. The van der Waals surface area contributed by atoms with Gasteiger partial charge in [-0.05, 0) is 42.4 Å². The molecule has 1 aliphatic carbocycles. The number of benzene rings is 2. The first-order valence-corrected chi connectivity index (χ1v) is 7.78. The molecule has 0 bridgehead atoms. The van der Waals surface area contributed by atoms with E-state index in [0.29, 0.717) is 6.04 Å². The smallest absolute Gasteiger partial charge is 0.0681 e. The maximum Gasteiger partial charge on any atom is 0.0681 e. The molecule has 1 fully saturated rings. The second-order valence-corrected chi connectivity index (χ2v) is 6.02. The summed E-state index contributed by atoms with van der Waals surface area (Å²) in [5.41, 5.74) is 3.59. The fourth-order valence-electron chi connectivity index (χ4n) is 2.92. The van der Waals surface area contributed by atoms with Crippen molar-refractivity contribution in [1.29, 1.82) is 0 Å². The zero-order valence-electron chi connectivity index (χ0n) is 12.5. The van der Waals surface area contributed by atoms with Crippen LogP contribution in [-0.4, -0.2) is 5.11 Å². The molecule has 2 aromatic carbocycles. The van der Waals surface area contributed by atoms with Gasteiger partial charge in [0.1, 0.15) is 0 Å². The van der Waals surface area contributed by atoms with Crippen LogP contribution in [0.5, 0.6) is 0 Å². The lowest BCUT2D eigenvalue weighted by atomic mass is 9.99. The molecule has 2 aromatic rings. The molecule has 21 heavy (non-hydrogen) atoms. The van der Waals surface area contributed by atoms with Crippen molar-refractivity contribution in [2.24, 2.45) is 5.92 Å². The lowest BCUT2D eigenvalue weighted by molar-refractivity contribution is 0.281. The van der Waals surface area contributed by atoms with Gasteiger partial charge in [-0.2, -0.15) is 0 Å². The molecule has 2 atom stereocenters. The molecule has 110 valence electrons. The highest BCUT2D eigenvalue weighted by atomic mass is 16.3. The fraction of sp³-hybridized carbons (Fsp3) is 0.368. The Hall–Kier alpha value is -1.64. The third-order valence-corrected chi connectivity index (χ3v) is 4.32. The van der Waals surface area contributed by atoms with Crippen LogP contribution in [0.1, 0.15) is 48.5 Å². The minimum Gasteiger partial charge on any atom is -0.392 e. The van der Waals surface area contributed by atoms with Gasteiger partial charge in [0.25, 0.3) is 0 Å². The molecule has 0 amide bonds. The highest BCUT2D eigenvalue weighted by Crippen LogP contribution is 2.42. The van der Waals surface area contributed by atoms with Crippen molar-refractivity contribution in [3.8, 4) is 0 Å². The Morgan fingerprint density at radius 2 is 1.76 bits per heavy atom. The molecule has 1 saturated carbocycles. The van der Waals surface area contributed by atoms with Crippen molar-refractivity contribution in [2.75, 3.05) is 0 Å². The predicted octanol–water partition coefficient (Wildman–Crippen LogP) is 3.98. The molecule has 2 unspecified atom stereocenters. The number of hydrogen-bond acceptors (Lipinski definition) is 2. The van der Waals surface area contributed by atoms with Crippen LogP contribution < -0.4 is 5.32 Å². The number of aliphatic hydroxyl groups is 1. The van der Waals surface area contributed by atoms with E-state index in [-0.39, 0.29) is 12.6 Å². The van der Waals surface area contributed by atoms with Gasteiger partial charge in [-0.15, -0.1) is 0 Å². The van der Waals surface area contributed by atoms with Gasteiger partial charge in [0.05, 0.1) is 6.61 Å². The van der Waals surface area contributed by atoms with Crippen LogP contribution in [0.15, 0.2) is 54.6 Å². The molecule has 2 N–H and O–H groups in total. The Balaban J connectivity index is 1.76. The van der Waals surface area contributed by atoms with Crippen LogP contribution in [0.3, 0.4) is 0 Å². The summed E-state index contributed by atoms with van der Waals surface area (Å²) in [5, 5.41) is 13.1. The molecule has 0 saturated heterocycles. The van der Waals surface area contributed by atoms with Crippen molar-refractivity contribution < 1.29 is 5.11 Å². The maximum absolute atomic E-state index is 9.28. The molecule has 3 rings (SSSR count). The standard InChI is InChI=1S/C19H23NO/c1-14(18-9-5-6-15(12-18)13-21)20-19(17-10-11-17)16-7-3-2-4-8-16/h2-9,12,14,17,19-21H,10-11,13H2,1H3. The van der Waals surface area contributed by atoms with E-state index in [1.54, 1.807) is 0 Å². The molecule has 0 heterocycles. The van der Waals surface area contributed by atoms with Crippen LogP contribution >= 0.6 is 0 Å². The van der Waals surface area contributed by atoms with Gasteiger partial charge in [0.15, 0.2) is 0 Å². The maximum atomic E-state index is 9.28. The Bertz CT molecular complexity index is 577. The number of hydrogen-bond donors (Lipinski definition) is 2. The topological polar surface area (TPSA) is 32.3 Å². The minimum atomic E-state index is 0.102. The lowest BCUT2D eigenvalue weighted by Gasteiger charge is -2.24. The summed E-state index contributed by atoms with van der Waals surface area (Å²) in [6, 6.07) is 19.6. The van der Waals surface area contributed by atoms with Crippen molar-refractivity contribution in [1.82, 2.24) is 5.32 Å². The van der Waals surface area contributed by atoms with E-state index >= 15 is 0 Å². The zero-order valence-corrected chi connectivity index (χ0v) is 12.5. The summed E-state index contributed by atoms with van der Waals surface area (Å²) in [6.45, 7) is 2.31. The molecule has 0 aliphatic heterocycles. The highest BCUT2D eigenvalue weighted by Gasteiger charge is 2.32. The Morgan fingerprint density at radius 1 is 1.05 bits per heavy atom. The molecule has 0 spiro atoms. The number of rotatable bonds is 6. The summed E-state index contributed by atoms with van der Waals surface area (Å²) in [4.78, 5) is 0. The van der Waals surface area contributed by atoms with E-state index in [2.05, 4.69) is 54.7 Å². The van der Waals surface area contributed by atoms with Crippen LogP contribution in [0.2, 0.25) is 0 Å². The van der Waals surface area contributed by atoms with Gasteiger partial charge in [-0.25, -0.2) is 0 Å². The second-order valence-electron chi connectivity index (χ2n) is 6.02. The largest absolute Gasteiger partial charge is 0.392 e. The summed E-state index contributed by atoms with van der Waals surface area (Å²) in [5.74, 6) is 0.760. The monoisotopic (exact) mass is 281 g/mol. The number of nitrogens with one attached hydrogen (secondary N) is 1. The number of aliphatic hydroxyl groups excluding tert-OH is 1. The molecule has 1 aliphatic rings. The van der Waals surface area contributed by atoms with E-state index in [1.807, 2.05) is 12.1 Å². The summed E-state index contributed by atoms with van der Waals surface area (Å²) >= 11 is 0. The SMILES string of the molecule is CC(NC(c1ccccc1)C1CC1)c1cccc(CO)c1. The zero-order chi connectivity index (χ0) is 14.7. The van der Waals surface area contributed by atoms with Crippen molar-refractivity contribution >= 4 is 0 Å². The van der Waals surface area contributed by atoms with Gasteiger partial charge in [-0.1, -0.05) is 54.6 Å². The van der Waals surface area contributed by atoms with Crippen LogP contribution in [0, 0.1) is 5.92 Å². The molecular formula is C19H23NO. The van der Waals surface area contributed by atoms with E-state index in [0.717, 1.165) is 11.5 Å². The molecule has 2 heteroatoms. The molecular weight excluding hydrogens is 258 g/mol. The summed E-state index contributed by atoms with van der Waals surface area (Å²) < 4.78 is 0. The average molecular weight is 281 g/mol. The van der Waals surface area contributed by atoms with Crippen molar-refractivity contribution in [3.05, 3.63) is 71.3 Å². The summed E-state index contributed by atoms with van der Waals surface area (Å²) in [7, 11) is 0. The van der Waals surface area contributed by atoms with E-state index in [9.17, 15) is 5.11 Å². The minimum absolute atomic E-state index is 0.102. The predicted molar refractivity (Wildman–Crippen MR) is 85.8 cm³/mol.